The molecule has 0 fully saturated rings. The summed E-state index contributed by atoms with van der Waals surface area (Å²) >= 11 is 0. The lowest BCUT2D eigenvalue weighted by Gasteiger charge is -2.25. The van der Waals surface area contributed by atoms with Crippen molar-refractivity contribution < 1.29 is 24.1 Å². The first kappa shape index (κ1) is 17.0. The van der Waals surface area contributed by atoms with Gasteiger partial charge < -0.3 is 19.3 Å². The molecular weight excluding hydrogens is 296 g/mol. The van der Waals surface area contributed by atoms with Crippen molar-refractivity contribution in [3.63, 3.8) is 0 Å². The highest BCUT2D eigenvalue weighted by Crippen LogP contribution is 2.35. The van der Waals surface area contributed by atoms with Gasteiger partial charge in [0.05, 0.1) is 13.0 Å². The van der Waals surface area contributed by atoms with E-state index in [4.69, 9.17) is 14.2 Å². The predicted molar refractivity (Wildman–Crippen MR) is 86.0 cm³/mol. The SMILES string of the molecule is COc1cccc(O)c1C(=O)C(c1ccccc1)C(OC)OC. The largest absolute Gasteiger partial charge is 0.507 e. The predicted octanol–water partition coefficient (Wildman–Crippen LogP) is 2.99. The zero-order valence-corrected chi connectivity index (χ0v) is 13.4. The fraction of sp³-hybridized carbons (Fsp3) is 0.278. The lowest BCUT2D eigenvalue weighted by molar-refractivity contribution is -0.110. The number of benzene rings is 2. The molecule has 0 aliphatic rings. The molecule has 0 aliphatic heterocycles. The Balaban J connectivity index is 2.54. The number of carbonyl (C=O) groups is 1. The molecule has 1 atom stereocenters. The minimum atomic E-state index is -0.783. The monoisotopic (exact) mass is 316 g/mol. The number of Topliss-reactive ketones (excluding diaryl/α,β-unsaturated/α-hetero) is 1. The van der Waals surface area contributed by atoms with Crippen LogP contribution in [0.25, 0.3) is 0 Å². The highest BCUT2D eigenvalue weighted by atomic mass is 16.7. The summed E-state index contributed by atoms with van der Waals surface area (Å²) in [5.74, 6) is -0.892. The Morgan fingerprint density at radius 2 is 1.61 bits per heavy atom. The van der Waals surface area contributed by atoms with E-state index in [0.717, 1.165) is 5.56 Å². The van der Waals surface area contributed by atoms with Crippen LogP contribution < -0.4 is 4.74 Å². The number of phenolic OH excluding ortho intramolecular Hbond substituents is 1. The lowest BCUT2D eigenvalue weighted by atomic mass is 9.89. The van der Waals surface area contributed by atoms with Crippen LogP contribution in [0.5, 0.6) is 11.5 Å². The maximum Gasteiger partial charge on any atom is 0.182 e. The Morgan fingerprint density at radius 3 is 2.17 bits per heavy atom. The number of rotatable bonds is 7. The normalized spacial score (nSPS) is 12.2. The highest BCUT2D eigenvalue weighted by molar-refractivity contribution is 6.05. The van der Waals surface area contributed by atoms with Crippen molar-refractivity contribution in [2.75, 3.05) is 21.3 Å². The summed E-state index contributed by atoms with van der Waals surface area (Å²) in [6.07, 6.45) is -0.783. The molecule has 0 radical (unpaired) electrons. The van der Waals surface area contributed by atoms with Crippen molar-refractivity contribution in [3.8, 4) is 11.5 Å². The van der Waals surface area contributed by atoms with E-state index in [1.165, 1.54) is 27.4 Å². The number of carbonyl (C=O) groups excluding carboxylic acids is 1. The molecule has 0 saturated carbocycles. The summed E-state index contributed by atoms with van der Waals surface area (Å²) in [6.45, 7) is 0. The van der Waals surface area contributed by atoms with E-state index in [2.05, 4.69) is 0 Å². The smallest absolute Gasteiger partial charge is 0.182 e. The summed E-state index contributed by atoms with van der Waals surface area (Å²) in [4.78, 5) is 13.1. The Bertz CT molecular complexity index is 650. The van der Waals surface area contributed by atoms with E-state index >= 15 is 0 Å². The van der Waals surface area contributed by atoms with E-state index < -0.39 is 12.2 Å². The molecule has 0 heterocycles. The first-order valence-electron chi connectivity index (χ1n) is 7.14. The van der Waals surface area contributed by atoms with Gasteiger partial charge in [0.15, 0.2) is 12.1 Å². The van der Waals surface area contributed by atoms with Gasteiger partial charge >= 0.3 is 0 Å². The van der Waals surface area contributed by atoms with Crippen molar-refractivity contribution >= 4 is 5.78 Å². The lowest BCUT2D eigenvalue weighted by Crippen LogP contribution is -2.30. The third kappa shape index (κ3) is 3.52. The summed E-state index contributed by atoms with van der Waals surface area (Å²) in [5, 5.41) is 10.1. The molecule has 0 saturated heterocycles. The number of ketones is 1. The molecule has 1 unspecified atom stereocenters. The second kappa shape index (κ2) is 7.76. The van der Waals surface area contributed by atoms with Gasteiger partial charge in [-0.1, -0.05) is 36.4 Å². The Hall–Kier alpha value is -2.37. The number of hydrogen-bond acceptors (Lipinski definition) is 5. The van der Waals surface area contributed by atoms with Crippen molar-refractivity contribution in [2.24, 2.45) is 0 Å². The summed E-state index contributed by atoms with van der Waals surface area (Å²) < 4.78 is 15.8. The minimum absolute atomic E-state index is 0.114. The maximum absolute atomic E-state index is 13.1. The highest BCUT2D eigenvalue weighted by Gasteiger charge is 2.34. The molecule has 5 heteroatoms. The van der Waals surface area contributed by atoms with Crippen LogP contribution in [0.15, 0.2) is 48.5 Å². The van der Waals surface area contributed by atoms with Gasteiger partial charge in [-0.2, -0.15) is 0 Å². The Morgan fingerprint density at radius 1 is 0.957 bits per heavy atom. The van der Waals surface area contributed by atoms with Crippen LogP contribution in [-0.2, 0) is 9.47 Å². The van der Waals surface area contributed by atoms with Gasteiger partial charge in [-0.25, -0.2) is 0 Å². The van der Waals surface area contributed by atoms with E-state index in [1.54, 1.807) is 12.1 Å². The van der Waals surface area contributed by atoms with E-state index in [-0.39, 0.29) is 17.1 Å². The molecule has 0 bridgehead atoms. The molecule has 0 aromatic heterocycles. The molecule has 122 valence electrons. The van der Waals surface area contributed by atoms with E-state index in [1.807, 2.05) is 30.3 Å². The fourth-order valence-electron chi connectivity index (χ4n) is 2.55. The third-order valence-electron chi connectivity index (χ3n) is 3.65. The number of ether oxygens (including phenoxy) is 3. The molecule has 2 aromatic rings. The van der Waals surface area contributed by atoms with Crippen molar-refractivity contribution in [1.82, 2.24) is 0 Å². The van der Waals surface area contributed by atoms with Crippen LogP contribution in [0, 0.1) is 0 Å². The first-order valence-corrected chi connectivity index (χ1v) is 7.14. The van der Waals surface area contributed by atoms with Crippen LogP contribution in [0.1, 0.15) is 21.8 Å². The molecule has 0 amide bonds. The van der Waals surface area contributed by atoms with Crippen molar-refractivity contribution in [3.05, 3.63) is 59.7 Å². The average Bonchev–Trinajstić information content (AvgIpc) is 2.59. The topological polar surface area (TPSA) is 65.0 Å². The van der Waals surface area contributed by atoms with Gasteiger partial charge in [-0.15, -0.1) is 0 Å². The number of hydrogen-bond donors (Lipinski definition) is 1. The van der Waals surface area contributed by atoms with Gasteiger partial charge in [0.2, 0.25) is 0 Å². The molecule has 23 heavy (non-hydrogen) atoms. The fourth-order valence-corrected chi connectivity index (χ4v) is 2.55. The minimum Gasteiger partial charge on any atom is -0.507 e. The van der Waals surface area contributed by atoms with Gasteiger partial charge in [0.1, 0.15) is 17.1 Å². The van der Waals surface area contributed by atoms with Gasteiger partial charge in [-0.05, 0) is 17.7 Å². The zero-order valence-electron chi connectivity index (χ0n) is 13.4. The summed E-state index contributed by atoms with van der Waals surface area (Å²) in [5.41, 5.74) is 0.847. The quantitative estimate of drug-likeness (QED) is 0.628. The Kier molecular flexibility index (Phi) is 5.73. The summed E-state index contributed by atoms with van der Waals surface area (Å²) in [6, 6.07) is 13.9. The molecule has 1 N–H and O–H groups in total. The number of methoxy groups -OCH3 is 3. The summed E-state index contributed by atoms with van der Waals surface area (Å²) in [7, 11) is 4.39. The van der Waals surface area contributed by atoms with E-state index in [0.29, 0.717) is 5.75 Å². The molecular formula is C18H20O5. The molecule has 0 aliphatic carbocycles. The standard InChI is InChI=1S/C18H20O5/c1-21-14-11-7-10-13(19)16(14)17(20)15(18(22-2)23-3)12-8-5-4-6-9-12/h4-11,15,18-19H,1-3H3. The van der Waals surface area contributed by atoms with Crippen LogP contribution in [0.4, 0.5) is 0 Å². The van der Waals surface area contributed by atoms with Crippen LogP contribution >= 0.6 is 0 Å². The second-order valence-corrected chi connectivity index (χ2v) is 4.95. The average molecular weight is 316 g/mol. The van der Waals surface area contributed by atoms with E-state index in [9.17, 15) is 9.90 Å². The first-order chi connectivity index (χ1) is 11.1. The van der Waals surface area contributed by atoms with Crippen LogP contribution in [0.3, 0.4) is 0 Å². The van der Waals surface area contributed by atoms with Crippen LogP contribution in [-0.4, -0.2) is 38.5 Å². The molecule has 2 aromatic carbocycles. The second-order valence-electron chi connectivity index (χ2n) is 4.95. The van der Waals surface area contributed by atoms with Gasteiger partial charge in [-0.3, -0.25) is 4.79 Å². The zero-order chi connectivity index (χ0) is 16.8. The van der Waals surface area contributed by atoms with Gasteiger partial charge in [0, 0.05) is 14.2 Å². The molecule has 0 spiro atoms. The number of phenols is 1. The third-order valence-corrected chi connectivity index (χ3v) is 3.65. The molecule has 5 nitrogen and oxygen atoms in total. The molecule has 2 rings (SSSR count). The van der Waals surface area contributed by atoms with Gasteiger partial charge in [0.25, 0.3) is 0 Å². The van der Waals surface area contributed by atoms with Crippen molar-refractivity contribution in [2.45, 2.75) is 12.2 Å². The maximum atomic E-state index is 13.1. The van der Waals surface area contributed by atoms with Crippen molar-refractivity contribution in [1.29, 1.82) is 0 Å². The van der Waals surface area contributed by atoms with Crippen LogP contribution in [0.2, 0.25) is 0 Å². The Labute approximate surface area is 135 Å². The number of aromatic hydroxyl groups is 1.